The average Bonchev–Trinajstić information content (AvgIpc) is 1.69. The zero-order valence-corrected chi connectivity index (χ0v) is 8.77. The Hall–Kier alpha value is 0.640. The van der Waals surface area contributed by atoms with Crippen LogP contribution in [0.5, 0.6) is 0 Å². The van der Waals surface area contributed by atoms with Crippen molar-refractivity contribution in [3.05, 3.63) is 0 Å². The van der Waals surface area contributed by atoms with E-state index >= 15 is 0 Å². The molecule has 0 aromatic rings. The lowest BCUT2D eigenvalue weighted by Crippen LogP contribution is -1.98. The van der Waals surface area contributed by atoms with Crippen LogP contribution in [0.2, 0.25) is 0 Å². The molecule has 0 unspecified atom stereocenters. The predicted molar refractivity (Wildman–Crippen MR) is 52.3 cm³/mol. The predicted octanol–water partition coefficient (Wildman–Crippen LogP) is 2.95. The first-order valence-corrected chi connectivity index (χ1v) is 6.84. The van der Waals surface area contributed by atoms with Crippen molar-refractivity contribution < 1.29 is 0 Å². The second kappa shape index (κ2) is 6.76. The molecule has 0 aliphatic rings. The van der Waals surface area contributed by atoms with E-state index in [9.17, 15) is 0 Å². The molecule has 0 nitrogen and oxygen atoms in total. The van der Waals surface area contributed by atoms with Gasteiger partial charge in [0, 0.05) is 5.88 Å². The largest absolute Gasteiger partial charge is 0.248 e. The van der Waals surface area contributed by atoms with Crippen LogP contribution in [0.4, 0.5) is 0 Å². The fourth-order valence-electron chi connectivity index (χ4n) is 0.231. The summed E-state index contributed by atoms with van der Waals surface area (Å²) in [5.74, 6) is 2.01. The SMILES string of the molecule is CC.CS(C)(C)CCCl. The summed E-state index contributed by atoms with van der Waals surface area (Å²) in [6.07, 6.45) is 6.82. The van der Waals surface area contributed by atoms with E-state index in [1.807, 2.05) is 13.8 Å². The van der Waals surface area contributed by atoms with Gasteiger partial charge in [0.25, 0.3) is 0 Å². The fourth-order valence-corrected chi connectivity index (χ4v) is 2.08. The smallest absolute Gasteiger partial charge is 0.0299 e. The molecule has 0 spiro atoms. The van der Waals surface area contributed by atoms with E-state index in [1.54, 1.807) is 0 Å². The normalized spacial score (nSPS) is 11.8. The third kappa shape index (κ3) is 17.7. The maximum atomic E-state index is 5.51. The van der Waals surface area contributed by atoms with E-state index in [-0.39, 0.29) is 10.0 Å². The minimum Gasteiger partial charge on any atom is -0.248 e. The molecule has 0 fully saturated rings. The van der Waals surface area contributed by atoms with Crippen molar-refractivity contribution in [2.45, 2.75) is 13.8 Å². The topological polar surface area (TPSA) is 0 Å². The molecule has 0 atom stereocenters. The molecular formula is C7H19ClS. The molecule has 2 heteroatoms. The highest BCUT2D eigenvalue weighted by Crippen LogP contribution is 2.33. The summed E-state index contributed by atoms with van der Waals surface area (Å²) >= 11 is 5.51. The Labute approximate surface area is 66.3 Å². The molecule has 0 amide bonds. The van der Waals surface area contributed by atoms with Crippen molar-refractivity contribution >= 4 is 21.6 Å². The van der Waals surface area contributed by atoms with Gasteiger partial charge in [-0.2, -0.15) is 0 Å². The summed E-state index contributed by atoms with van der Waals surface area (Å²) < 4.78 is 0. The summed E-state index contributed by atoms with van der Waals surface area (Å²) in [6, 6.07) is 0. The minimum atomic E-state index is -0.306. The highest BCUT2D eigenvalue weighted by molar-refractivity contribution is 8.32. The van der Waals surface area contributed by atoms with Gasteiger partial charge in [-0.25, -0.2) is 10.0 Å². The van der Waals surface area contributed by atoms with Gasteiger partial charge in [-0.15, -0.1) is 11.6 Å². The number of rotatable bonds is 2. The molecule has 9 heavy (non-hydrogen) atoms. The number of alkyl halides is 1. The molecule has 0 saturated heterocycles. The van der Waals surface area contributed by atoms with Gasteiger partial charge in [-0.1, -0.05) is 13.8 Å². The Morgan fingerprint density at radius 1 is 1.11 bits per heavy atom. The molecule has 0 heterocycles. The lowest BCUT2D eigenvalue weighted by Gasteiger charge is -2.22. The maximum absolute atomic E-state index is 5.51. The van der Waals surface area contributed by atoms with Gasteiger partial charge < -0.3 is 0 Å². The van der Waals surface area contributed by atoms with Crippen molar-refractivity contribution in [1.82, 2.24) is 0 Å². The lowest BCUT2D eigenvalue weighted by atomic mass is 11.0. The van der Waals surface area contributed by atoms with E-state index in [4.69, 9.17) is 11.6 Å². The van der Waals surface area contributed by atoms with E-state index in [0.29, 0.717) is 0 Å². The first-order valence-electron chi connectivity index (χ1n) is 3.28. The van der Waals surface area contributed by atoms with Crippen molar-refractivity contribution in [3.63, 3.8) is 0 Å². The van der Waals surface area contributed by atoms with Crippen LogP contribution in [0.15, 0.2) is 0 Å². The second-order valence-electron chi connectivity index (χ2n) is 2.48. The van der Waals surface area contributed by atoms with Crippen LogP contribution in [0.25, 0.3) is 0 Å². The lowest BCUT2D eigenvalue weighted by molar-refractivity contribution is 1.50. The zero-order chi connectivity index (χ0) is 7.91. The molecule has 0 aromatic carbocycles. The fraction of sp³-hybridized carbons (Fsp3) is 1.00. The zero-order valence-electron chi connectivity index (χ0n) is 7.20. The molecule has 0 aliphatic heterocycles. The van der Waals surface area contributed by atoms with Crippen molar-refractivity contribution in [1.29, 1.82) is 0 Å². The van der Waals surface area contributed by atoms with Gasteiger partial charge in [0.1, 0.15) is 0 Å². The molecular weight excluding hydrogens is 152 g/mol. The Morgan fingerprint density at radius 3 is 1.44 bits per heavy atom. The number of hydrogen-bond acceptors (Lipinski definition) is 0. The maximum Gasteiger partial charge on any atom is 0.0299 e. The van der Waals surface area contributed by atoms with E-state index in [2.05, 4.69) is 18.8 Å². The van der Waals surface area contributed by atoms with Crippen LogP contribution in [-0.2, 0) is 0 Å². The van der Waals surface area contributed by atoms with Crippen LogP contribution >= 0.6 is 21.6 Å². The van der Waals surface area contributed by atoms with Crippen molar-refractivity contribution in [3.8, 4) is 0 Å². The van der Waals surface area contributed by atoms with Gasteiger partial charge in [0.05, 0.1) is 0 Å². The van der Waals surface area contributed by atoms with Crippen molar-refractivity contribution in [2.75, 3.05) is 30.4 Å². The average molecular weight is 171 g/mol. The first kappa shape index (κ1) is 12.3. The summed E-state index contributed by atoms with van der Waals surface area (Å²) in [6.45, 7) is 4.00. The first-order chi connectivity index (χ1) is 4.06. The van der Waals surface area contributed by atoms with Gasteiger partial charge in [-0.05, 0) is 24.5 Å². The summed E-state index contributed by atoms with van der Waals surface area (Å²) in [7, 11) is -0.306. The van der Waals surface area contributed by atoms with Gasteiger partial charge in [0.2, 0.25) is 0 Å². The summed E-state index contributed by atoms with van der Waals surface area (Å²) in [4.78, 5) is 0. The van der Waals surface area contributed by atoms with E-state index in [1.165, 1.54) is 5.75 Å². The molecule has 0 N–H and O–H groups in total. The van der Waals surface area contributed by atoms with Crippen LogP contribution in [0, 0.1) is 0 Å². The van der Waals surface area contributed by atoms with Gasteiger partial charge >= 0.3 is 0 Å². The quantitative estimate of drug-likeness (QED) is 0.560. The van der Waals surface area contributed by atoms with Crippen LogP contribution in [-0.4, -0.2) is 30.4 Å². The van der Waals surface area contributed by atoms with Crippen LogP contribution in [0.1, 0.15) is 13.8 Å². The Morgan fingerprint density at radius 2 is 1.44 bits per heavy atom. The van der Waals surface area contributed by atoms with Gasteiger partial charge in [-0.3, -0.25) is 0 Å². The summed E-state index contributed by atoms with van der Waals surface area (Å²) in [5, 5.41) is 0. The minimum absolute atomic E-state index is 0.306. The number of halogens is 1. The second-order valence-corrected chi connectivity index (χ2v) is 7.45. The molecule has 0 saturated carbocycles. The standard InChI is InChI=1S/C5H13ClS.C2H6/c1-7(2,3)5-4-6;1-2/h4-5H2,1-3H3;1-2H3. The summed E-state index contributed by atoms with van der Waals surface area (Å²) in [5.41, 5.74) is 0. The Balaban J connectivity index is 0. The van der Waals surface area contributed by atoms with E-state index < -0.39 is 0 Å². The number of hydrogen-bond donors (Lipinski definition) is 0. The molecule has 60 valence electrons. The van der Waals surface area contributed by atoms with Crippen LogP contribution < -0.4 is 0 Å². The highest BCUT2D eigenvalue weighted by Gasteiger charge is 1.99. The van der Waals surface area contributed by atoms with Gasteiger partial charge in [0.15, 0.2) is 0 Å². The Bertz CT molecular complexity index is 47.4. The monoisotopic (exact) mass is 170 g/mol. The van der Waals surface area contributed by atoms with E-state index in [0.717, 1.165) is 5.88 Å². The molecule has 0 bridgehead atoms. The Kier molecular flexibility index (Phi) is 9.25. The third-order valence-electron chi connectivity index (χ3n) is 0.690. The van der Waals surface area contributed by atoms with Crippen molar-refractivity contribution in [2.24, 2.45) is 0 Å². The van der Waals surface area contributed by atoms with Crippen LogP contribution in [0.3, 0.4) is 0 Å². The molecule has 0 aromatic heterocycles. The molecule has 0 radical (unpaired) electrons. The molecule has 0 rings (SSSR count). The molecule has 0 aliphatic carbocycles. The third-order valence-corrected chi connectivity index (χ3v) is 2.53. The highest BCUT2D eigenvalue weighted by atomic mass is 35.5.